The van der Waals surface area contributed by atoms with Crippen molar-refractivity contribution in [1.29, 1.82) is 0 Å². The van der Waals surface area contributed by atoms with E-state index in [4.69, 9.17) is 14.3 Å². The van der Waals surface area contributed by atoms with Crippen molar-refractivity contribution in [2.45, 2.75) is 39.7 Å². The van der Waals surface area contributed by atoms with Gasteiger partial charge in [-0.25, -0.2) is 0 Å². The lowest BCUT2D eigenvalue weighted by atomic mass is 10.2. The van der Waals surface area contributed by atoms with Crippen molar-refractivity contribution >= 4 is 18.0 Å². The Morgan fingerprint density at radius 1 is 1.22 bits per heavy atom. The Labute approximate surface area is 107 Å². The molecule has 0 unspecified atom stereocenters. The molecule has 104 valence electrons. The van der Waals surface area contributed by atoms with Crippen molar-refractivity contribution in [3.8, 4) is 0 Å². The van der Waals surface area contributed by atoms with Gasteiger partial charge in [-0.1, -0.05) is 5.16 Å². The fourth-order valence-corrected chi connectivity index (χ4v) is 0.955. The van der Waals surface area contributed by atoms with Crippen molar-refractivity contribution in [3.63, 3.8) is 0 Å². The van der Waals surface area contributed by atoms with E-state index in [2.05, 4.69) is 5.16 Å². The first-order valence-corrected chi connectivity index (χ1v) is 5.83. The topological polar surface area (TPSA) is 74.2 Å². The highest BCUT2D eigenvalue weighted by Crippen LogP contribution is 2.07. The molecule has 0 aliphatic carbocycles. The third-order valence-electron chi connectivity index (χ3n) is 1.53. The second-order valence-electron chi connectivity index (χ2n) is 4.49. The highest BCUT2D eigenvalue weighted by Gasteiger charge is 2.18. The lowest BCUT2D eigenvalue weighted by molar-refractivity contribution is -0.155. The van der Waals surface area contributed by atoms with E-state index >= 15 is 0 Å². The van der Waals surface area contributed by atoms with Gasteiger partial charge in [0.15, 0.2) is 5.78 Å². The van der Waals surface area contributed by atoms with Crippen LogP contribution in [0.2, 0.25) is 0 Å². The van der Waals surface area contributed by atoms with E-state index in [1.807, 2.05) is 6.92 Å². The molecule has 0 fully saturated rings. The fourth-order valence-electron chi connectivity index (χ4n) is 0.955. The van der Waals surface area contributed by atoms with Crippen molar-refractivity contribution < 1.29 is 23.9 Å². The average molecular weight is 259 g/mol. The van der Waals surface area contributed by atoms with Gasteiger partial charge in [0, 0.05) is 6.61 Å². The Kier molecular flexibility index (Phi) is 7.94. The van der Waals surface area contributed by atoms with E-state index in [1.165, 1.54) is 0 Å². The molecule has 0 saturated heterocycles. The van der Waals surface area contributed by atoms with E-state index in [1.54, 1.807) is 20.8 Å². The molecule has 0 N–H and O–H groups in total. The molecule has 6 nitrogen and oxygen atoms in total. The number of rotatable bonds is 8. The first kappa shape index (κ1) is 16.6. The Hall–Kier alpha value is -1.43. The minimum Gasteiger partial charge on any atom is -0.460 e. The van der Waals surface area contributed by atoms with Crippen molar-refractivity contribution in [3.05, 3.63) is 0 Å². The summed E-state index contributed by atoms with van der Waals surface area (Å²) >= 11 is 0. The zero-order valence-electron chi connectivity index (χ0n) is 11.4. The molecule has 0 saturated carbocycles. The largest absolute Gasteiger partial charge is 0.460 e. The summed E-state index contributed by atoms with van der Waals surface area (Å²) in [6, 6.07) is 0. The number of carbonyl (C=O) groups excluding carboxylic acids is 2. The molecule has 0 aliphatic heterocycles. The normalized spacial score (nSPS) is 11.6. The molecule has 0 atom stereocenters. The Morgan fingerprint density at radius 3 is 2.44 bits per heavy atom. The summed E-state index contributed by atoms with van der Waals surface area (Å²) in [6.07, 6.45) is 0.630. The van der Waals surface area contributed by atoms with Crippen LogP contribution in [0.1, 0.15) is 34.1 Å². The maximum atomic E-state index is 11.3. The summed E-state index contributed by atoms with van der Waals surface area (Å²) in [6.45, 7) is 8.36. The van der Waals surface area contributed by atoms with Crippen molar-refractivity contribution in [1.82, 2.24) is 0 Å². The number of nitrogens with zero attached hydrogens (tertiary/aromatic N) is 1. The van der Waals surface area contributed by atoms with Crippen LogP contribution < -0.4 is 0 Å². The molecular formula is C12H21NO5. The van der Waals surface area contributed by atoms with Gasteiger partial charge in [-0.2, -0.15) is 0 Å². The van der Waals surface area contributed by atoms with E-state index in [-0.39, 0.29) is 13.0 Å². The number of hydrogen-bond acceptors (Lipinski definition) is 6. The lowest BCUT2D eigenvalue weighted by Crippen LogP contribution is -2.25. The number of oxime groups is 1. The van der Waals surface area contributed by atoms with Gasteiger partial charge in [0.2, 0.25) is 0 Å². The van der Waals surface area contributed by atoms with Gasteiger partial charge in [-0.3, -0.25) is 9.59 Å². The maximum absolute atomic E-state index is 11.3. The van der Waals surface area contributed by atoms with Crippen LogP contribution in [0.25, 0.3) is 0 Å². The van der Waals surface area contributed by atoms with Gasteiger partial charge in [0.25, 0.3) is 0 Å². The van der Waals surface area contributed by atoms with Crippen LogP contribution in [0.3, 0.4) is 0 Å². The number of hydrogen-bond donors (Lipinski definition) is 0. The summed E-state index contributed by atoms with van der Waals surface area (Å²) in [4.78, 5) is 27.3. The summed E-state index contributed by atoms with van der Waals surface area (Å²) in [5.41, 5.74) is -0.595. The fraction of sp³-hybridized carbons (Fsp3) is 0.750. The van der Waals surface area contributed by atoms with E-state index in [0.29, 0.717) is 13.2 Å². The predicted octanol–water partition coefficient (Wildman–Crippen LogP) is 1.33. The zero-order chi connectivity index (χ0) is 14.0. The second kappa shape index (κ2) is 8.63. The van der Waals surface area contributed by atoms with Crippen LogP contribution >= 0.6 is 0 Å². The Morgan fingerprint density at radius 2 is 1.89 bits per heavy atom. The monoisotopic (exact) mass is 259 g/mol. The molecular weight excluding hydrogens is 238 g/mol. The van der Waals surface area contributed by atoms with Crippen LogP contribution in [0.15, 0.2) is 5.16 Å². The minimum atomic E-state index is -0.595. The van der Waals surface area contributed by atoms with Gasteiger partial charge in [-0.15, -0.1) is 0 Å². The van der Waals surface area contributed by atoms with Crippen LogP contribution in [0.4, 0.5) is 0 Å². The summed E-state index contributed by atoms with van der Waals surface area (Å²) in [7, 11) is 0. The number of ketones is 1. The van der Waals surface area contributed by atoms with Crippen LogP contribution in [-0.4, -0.2) is 43.4 Å². The quantitative estimate of drug-likeness (QED) is 0.216. The molecule has 0 rings (SSSR count). The Balaban J connectivity index is 3.76. The third-order valence-corrected chi connectivity index (χ3v) is 1.53. The highest BCUT2D eigenvalue weighted by molar-refractivity contribution is 6.31. The maximum Gasteiger partial charge on any atom is 0.314 e. The predicted molar refractivity (Wildman–Crippen MR) is 66.4 cm³/mol. The van der Waals surface area contributed by atoms with Crippen LogP contribution in [0.5, 0.6) is 0 Å². The Bertz CT molecular complexity index is 293. The zero-order valence-corrected chi connectivity index (χ0v) is 11.4. The van der Waals surface area contributed by atoms with Gasteiger partial charge >= 0.3 is 5.97 Å². The first-order chi connectivity index (χ1) is 8.35. The number of carbonyl (C=O) groups is 2. The second-order valence-corrected chi connectivity index (χ2v) is 4.49. The third kappa shape index (κ3) is 11.1. The molecule has 6 heteroatoms. The number of ether oxygens (including phenoxy) is 2. The molecule has 0 aromatic heterocycles. The molecule has 0 bridgehead atoms. The number of esters is 1. The standard InChI is InChI=1S/C12H21NO5/c1-5-16-6-7-17-13-9-10(14)8-11(15)18-12(2,3)4/h9H,5-8H2,1-4H3. The molecule has 0 amide bonds. The van der Waals surface area contributed by atoms with E-state index < -0.39 is 17.4 Å². The van der Waals surface area contributed by atoms with Gasteiger partial charge in [0.1, 0.15) is 24.8 Å². The van der Waals surface area contributed by atoms with Gasteiger partial charge in [-0.05, 0) is 27.7 Å². The van der Waals surface area contributed by atoms with Crippen molar-refractivity contribution in [2.75, 3.05) is 19.8 Å². The van der Waals surface area contributed by atoms with E-state index in [0.717, 1.165) is 6.21 Å². The van der Waals surface area contributed by atoms with Gasteiger partial charge < -0.3 is 14.3 Å². The molecule has 18 heavy (non-hydrogen) atoms. The smallest absolute Gasteiger partial charge is 0.314 e. The molecule has 0 radical (unpaired) electrons. The molecule has 0 heterocycles. The van der Waals surface area contributed by atoms with Crippen LogP contribution in [-0.2, 0) is 23.9 Å². The molecule has 0 spiro atoms. The van der Waals surface area contributed by atoms with Crippen LogP contribution in [0, 0.1) is 0 Å². The van der Waals surface area contributed by atoms with E-state index in [9.17, 15) is 9.59 Å². The highest BCUT2D eigenvalue weighted by atomic mass is 16.6. The number of Topliss-reactive ketones (excluding diaryl/α,β-unsaturated/α-hetero) is 1. The molecule has 0 aromatic rings. The summed E-state index contributed by atoms with van der Waals surface area (Å²) in [5, 5.41) is 3.43. The first-order valence-electron chi connectivity index (χ1n) is 5.83. The minimum absolute atomic E-state index is 0.268. The SMILES string of the molecule is CCOCCON=CC(=O)CC(=O)OC(C)(C)C. The average Bonchev–Trinajstić information content (AvgIpc) is 2.20. The molecule has 0 aliphatic rings. The summed E-state index contributed by atoms with van der Waals surface area (Å²) < 4.78 is 9.99. The lowest BCUT2D eigenvalue weighted by Gasteiger charge is -2.18. The van der Waals surface area contributed by atoms with Crippen molar-refractivity contribution in [2.24, 2.45) is 5.16 Å². The van der Waals surface area contributed by atoms with Gasteiger partial charge in [0.05, 0.1) is 6.61 Å². The summed E-state index contributed by atoms with van der Waals surface area (Å²) in [5.74, 6) is -1.03. The molecule has 0 aromatic carbocycles.